The summed E-state index contributed by atoms with van der Waals surface area (Å²) in [4.78, 5) is 16.4. The highest BCUT2D eigenvalue weighted by Gasteiger charge is 2.30. The number of anilines is 1. The van der Waals surface area contributed by atoms with Gasteiger partial charge in [0.2, 0.25) is 5.91 Å². The summed E-state index contributed by atoms with van der Waals surface area (Å²) in [5.74, 6) is 0.146. The number of halogens is 3. The number of ether oxygens (including phenoxy) is 1. The predicted octanol–water partition coefficient (Wildman–Crippen LogP) is 5.23. The molecule has 146 valence electrons. The first kappa shape index (κ1) is 19.9. The normalized spacial score (nSPS) is 11.3. The third-order valence-electron chi connectivity index (χ3n) is 3.81. The topological polar surface area (TPSA) is 51.2 Å². The van der Waals surface area contributed by atoms with Gasteiger partial charge >= 0.3 is 6.18 Å². The van der Waals surface area contributed by atoms with Crippen LogP contribution in [0, 0.1) is 6.92 Å². The molecule has 3 aromatic rings. The molecule has 0 bridgehead atoms. The molecule has 0 saturated heterocycles. The lowest BCUT2D eigenvalue weighted by molar-refractivity contribution is -0.137. The van der Waals surface area contributed by atoms with Crippen molar-refractivity contribution in [3.8, 4) is 5.75 Å². The van der Waals surface area contributed by atoms with Gasteiger partial charge in [0.15, 0.2) is 0 Å². The smallest absolute Gasteiger partial charge is 0.416 e. The van der Waals surface area contributed by atoms with Gasteiger partial charge in [0, 0.05) is 11.1 Å². The first-order valence-electron chi connectivity index (χ1n) is 8.39. The fraction of sp³-hybridized carbons (Fsp3) is 0.200. The van der Waals surface area contributed by atoms with Crippen molar-refractivity contribution in [3.63, 3.8) is 0 Å². The Hall–Kier alpha value is -2.87. The zero-order chi connectivity index (χ0) is 20.1. The number of aromatic nitrogens is 1. The Morgan fingerprint density at radius 3 is 2.43 bits per heavy atom. The summed E-state index contributed by atoms with van der Waals surface area (Å²) >= 11 is 1.33. The number of aryl methyl sites for hydroxylation is 1. The van der Waals surface area contributed by atoms with Crippen LogP contribution in [-0.4, -0.2) is 10.9 Å². The molecule has 0 aliphatic rings. The van der Waals surface area contributed by atoms with Crippen LogP contribution in [0.5, 0.6) is 5.75 Å². The molecule has 2 aromatic carbocycles. The molecule has 0 spiro atoms. The largest absolute Gasteiger partial charge is 0.487 e. The number of benzene rings is 2. The highest BCUT2D eigenvalue weighted by Crippen LogP contribution is 2.30. The number of rotatable bonds is 6. The molecular formula is C20H17F3N2O2S. The quantitative estimate of drug-likeness (QED) is 0.610. The molecule has 28 heavy (non-hydrogen) atoms. The minimum atomic E-state index is -4.37. The second-order valence-corrected chi connectivity index (χ2v) is 7.08. The molecule has 0 unspecified atom stereocenters. The minimum Gasteiger partial charge on any atom is -0.487 e. The van der Waals surface area contributed by atoms with Gasteiger partial charge in [-0.25, -0.2) is 4.98 Å². The van der Waals surface area contributed by atoms with Crippen LogP contribution >= 0.6 is 11.3 Å². The number of alkyl halides is 3. The van der Waals surface area contributed by atoms with E-state index in [4.69, 9.17) is 4.74 Å². The van der Waals surface area contributed by atoms with Gasteiger partial charge in [-0.2, -0.15) is 13.2 Å². The molecule has 1 aromatic heterocycles. The third-order valence-corrected chi connectivity index (χ3v) is 4.71. The molecule has 0 saturated carbocycles. The van der Waals surface area contributed by atoms with Crippen molar-refractivity contribution in [2.45, 2.75) is 26.1 Å². The van der Waals surface area contributed by atoms with Gasteiger partial charge in [0.25, 0.3) is 0 Å². The lowest BCUT2D eigenvalue weighted by Crippen LogP contribution is -2.14. The van der Waals surface area contributed by atoms with E-state index in [1.54, 1.807) is 5.38 Å². The van der Waals surface area contributed by atoms with Crippen molar-refractivity contribution in [2.75, 3.05) is 5.32 Å². The Balaban J connectivity index is 1.51. The molecule has 1 amide bonds. The summed E-state index contributed by atoms with van der Waals surface area (Å²) in [6.45, 7) is 2.08. The predicted molar refractivity (Wildman–Crippen MR) is 101 cm³/mol. The summed E-state index contributed by atoms with van der Waals surface area (Å²) in [5.41, 5.74) is 1.71. The highest BCUT2D eigenvalue weighted by atomic mass is 32.1. The second-order valence-electron chi connectivity index (χ2n) is 6.13. The summed E-state index contributed by atoms with van der Waals surface area (Å²) in [7, 11) is 0. The van der Waals surface area contributed by atoms with Crippen molar-refractivity contribution in [2.24, 2.45) is 0 Å². The first-order valence-corrected chi connectivity index (χ1v) is 9.27. The average molecular weight is 406 g/mol. The van der Waals surface area contributed by atoms with Crippen LogP contribution in [0.2, 0.25) is 0 Å². The van der Waals surface area contributed by atoms with Crippen LogP contribution < -0.4 is 10.1 Å². The number of hydrogen-bond acceptors (Lipinski definition) is 4. The SMILES string of the molecule is Cc1ccc(NC(=O)Cc2nc(COc3ccc(C(F)(F)F)cc3)cs2)cc1. The van der Waals surface area contributed by atoms with E-state index in [-0.39, 0.29) is 18.9 Å². The molecule has 0 aliphatic heterocycles. The third kappa shape index (κ3) is 5.56. The van der Waals surface area contributed by atoms with Crippen molar-refractivity contribution < 1.29 is 22.7 Å². The van der Waals surface area contributed by atoms with E-state index in [9.17, 15) is 18.0 Å². The molecule has 0 aliphatic carbocycles. The van der Waals surface area contributed by atoms with E-state index >= 15 is 0 Å². The van der Waals surface area contributed by atoms with Crippen LogP contribution in [0.25, 0.3) is 0 Å². The van der Waals surface area contributed by atoms with Gasteiger partial charge in [0.1, 0.15) is 17.4 Å². The van der Waals surface area contributed by atoms with E-state index in [1.807, 2.05) is 31.2 Å². The van der Waals surface area contributed by atoms with Gasteiger partial charge in [-0.3, -0.25) is 4.79 Å². The van der Waals surface area contributed by atoms with Crippen molar-refractivity contribution >= 4 is 22.9 Å². The zero-order valence-electron chi connectivity index (χ0n) is 14.9. The highest BCUT2D eigenvalue weighted by molar-refractivity contribution is 7.09. The summed E-state index contributed by atoms with van der Waals surface area (Å²) < 4.78 is 43.1. The van der Waals surface area contributed by atoms with Crippen molar-refractivity contribution in [3.05, 3.63) is 75.7 Å². The summed E-state index contributed by atoms with van der Waals surface area (Å²) in [5, 5.41) is 5.20. The fourth-order valence-corrected chi connectivity index (χ4v) is 3.15. The molecule has 1 heterocycles. The number of thiazole rings is 1. The van der Waals surface area contributed by atoms with Crippen LogP contribution in [0.4, 0.5) is 18.9 Å². The fourth-order valence-electron chi connectivity index (χ4n) is 2.37. The molecule has 0 fully saturated rings. The summed E-state index contributed by atoms with van der Waals surface area (Å²) in [6, 6.07) is 12.0. The lowest BCUT2D eigenvalue weighted by atomic mass is 10.2. The Morgan fingerprint density at radius 2 is 1.79 bits per heavy atom. The van der Waals surface area contributed by atoms with Gasteiger partial charge in [-0.15, -0.1) is 11.3 Å². The zero-order valence-corrected chi connectivity index (χ0v) is 15.7. The molecule has 1 N–H and O–H groups in total. The molecule has 0 atom stereocenters. The van der Waals surface area contributed by atoms with Gasteiger partial charge in [0.05, 0.1) is 17.7 Å². The van der Waals surface area contributed by atoms with E-state index in [1.165, 1.54) is 23.5 Å². The number of nitrogens with zero attached hydrogens (tertiary/aromatic N) is 1. The van der Waals surface area contributed by atoms with E-state index in [0.29, 0.717) is 16.5 Å². The number of carbonyl (C=O) groups excluding carboxylic acids is 1. The van der Waals surface area contributed by atoms with E-state index in [2.05, 4.69) is 10.3 Å². The van der Waals surface area contributed by atoms with E-state index < -0.39 is 11.7 Å². The Labute approximate surface area is 164 Å². The van der Waals surface area contributed by atoms with Crippen LogP contribution in [0.3, 0.4) is 0 Å². The molecule has 0 radical (unpaired) electrons. The van der Waals surface area contributed by atoms with Gasteiger partial charge in [-0.1, -0.05) is 17.7 Å². The van der Waals surface area contributed by atoms with Crippen LogP contribution in [-0.2, 0) is 24.0 Å². The minimum absolute atomic E-state index is 0.113. The number of nitrogens with one attached hydrogen (secondary N) is 1. The van der Waals surface area contributed by atoms with Crippen molar-refractivity contribution in [1.82, 2.24) is 4.98 Å². The first-order chi connectivity index (χ1) is 13.3. The molecule has 8 heteroatoms. The maximum Gasteiger partial charge on any atom is 0.416 e. The van der Waals surface area contributed by atoms with Gasteiger partial charge < -0.3 is 10.1 Å². The number of carbonyl (C=O) groups is 1. The van der Waals surface area contributed by atoms with Crippen LogP contribution in [0.1, 0.15) is 21.8 Å². The molecule has 4 nitrogen and oxygen atoms in total. The average Bonchev–Trinajstić information content (AvgIpc) is 3.09. The Morgan fingerprint density at radius 1 is 1.11 bits per heavy atom. The molecular weight excluding hydrogens is 389 g/mol. The molecule has 3 rings (SSSR count). The number of amides is 1. The standard InChI is InChI=1S/C20H17F3N2O2S/c1-13-2-6-15(7-3-13)24-18(26)10-19-25-16(12-28-19)11-27-17-8-4-14(5-9-17)20(21,22)23/h2-9,12H,10-11H2,1H3,(H,24,26). The maximum atomic E-state index is 12.6. The van der Waals surface area contributed by atoms with Crippen molar-refractivity contribution in [1.29, 1.82) is 0 Å². The Kier molecular flexibility index (Phi) is 5.99. The number of hydrogen-bond donors (Lipinski definition) is 1. The Bertz CT molecular complexity index is 935. The summed E-state index contributed by atoms with van der Waals surface area (Å²) in [6.07, 6.45) is -4.24. The van der Waals surface area contributed by atoms with E-state index in [0.717, 1.165) is 23.4 Å². The van der Waals surface area contributed by atoms with Gasteiger partial charge in [-0.05, 0) is 43.3 Å². The van der Waals surface area contributed by atoms with Crippen LogP contribution in [0.15, 0.2) is 53.9 Å². The second kappa shape index (κ2) is 8.43. The maximum absolute atomic E-state index is 12.6. The monoisotopic (exact) mass is 406 g/mol. The lowest BCUT2D eigenvalue weighted by Gasteiger charge is -2.08.